The standard InChI is InChI=1S/C17H19F4NO2/c1-16(2)7-12(22-9-10-3-5-11(18)6-4-10)14(13(23)8-16)15(24)17(19,20)21/h3-6,15,22,24H,7-9H2,1-2H3. The van der Waals surface area contributed by atoms with E-state index < -0.39 is 34.9 Å². The Morgan fingerprint density at radius 1 is 1.21 bits per heavy atom. The molecule has 1 aromatic rings. The third-order valence-electron chi connectivity index (χ3n) is 3.92. The molecule has 0 saturated carbocycles. The first-order valence-corrected chi connectivity index (χ1v) is 7.49. The fourth-order valence-corrected chi connectivity index (χ4v) is 2.78. The Bertz CT molecular complexity index is 648. The van der Waals surface area contributed by atoms with Crippen LogP contribution in [-0.2, 0) is 11.3 Å². The predicted octanol–water partition coefficient (Wildman–Crippen LogP) is 3.48. The van der Waals surface area contributed by atoms with Gasteiger partial charge in [0.25, 0.3) is 0 Å². The van der Waals surface area contributed by atoms with Gasteiger partial charge in [-0.1, -0.05) is 26.0 Å². The van der Waals surface area contributed by atoms with Crippen molar-refractivity contribution in [2.24, 2.45) is 5.41 Å². The smallest absolute Gasteiger partial charge is 0.384 e. The maximum atomic E-state index is 12.9. The maximum Gasteiger partial charge on any atom is 0.418 e. The van der Waals surface area contributed by atoms with Crippen molar-refractivity contribution in [3.05, 3.63) is 46.9 Å². The van der Waals surface area contributed by atoms with E-state index >= 15 is 0 Å². The van der Waals surface area contributed by atoms with Gasteiger partial charge in [-0.05, 0) is 29.5 Å². The molecule has 0 radical (unpaired) electrons. The highest BCUT2D eigenvalue weighted by molar-refractivity contribution is 5.98. The Morgan fingerprint density at radius 3 is 2.33 bits per heavy atom. The van der Waals surface area contributed by atoms with Crippen LogP contribution >= 0.6 is 0 Å². The van der Waals surface area contributed by atoms with Gasteiger partial charge in [-0.15, -0.1) is 0 Å². The first-order chi connectivity index (χ1) is 11.0. The molecule has 0 heterocycles. The van der Waals surface area contributed by atoms with Gasteiger partial charge in [0.05, 0.1) is 5.57 Å². The summed E-state index contributed by atoms with van der Waals surface area (Å²) < 4.78 is 51.5. The predicted molar refractivity (Wildman–Crippen MR) is 80.3 cm³/mol. The maximum absolute atomic E-state index is 12.9. The van der Waals surface area contributed by atoms with E-state index in [0.717, 1.165) is 0 Å². The summed E-state index contributed by atoms with van der Waals surface area (Å²) in [6.07, 6.45) is -7.56. The van der Waals surface area contributed by atoms with E-state index in [1.807, 2.05) is 0 Å². The summed E-state index contributed by atoms with van der Waals surface area (Å²) >= 11 is 0. The van der Waals surface area contributed by atoms with Gasteiger partial charge < -0.3 is 10.4 Å². The third kappa shape index (κ3) is 4.35. The van der Waals surface area contributed by atoms with E-state index in [0.29, 0.717) is 5.56 Å². The highest BCUT2D eigenvalue weighted by atomic mass is 19.4. The molecule has 24 heavy (non-hydrogen) atoms. The summed E-state index contributed by atoms with van der Waals surface area (Å²) in [5, 5.41) is 12.4. The zero-order valence-electron chi connectivity index (χ0n) is 13.4. The van der Waals surface area contributed by atoms with Gasteiger partial charge in [-0.2, -0.15) is 13.2 Å². The van der Waals surface area contributed by atoms with E-state index in [1.165, 1.54) is 24.3 Å². The molecular formula is C17H19F4NO2. The molecule has 1 aromatic carbocycles. The van der Waals surface area contributed by atoms with E-state index in [1.54, 1.807) is 13.8 Å². The number of ketones is 1. The average molecular weight is 345 g/mol. The van der Waals surface area contributed by atoms with E-state index in [-0.39, 0.29) is 25.1 Å². The van der Waals surface area contributed by atoms with Crippen LogP contribution in [0.25, 0.3) is 0 Å². The lowest BCUT2D eigenvalue weighted by atomic mass is 9.74. The lowest BCUT2D eigenvalue weighted by Crippen LogP contribution is -2.41. The number of benzene rings is 1. The molecule has 0 fully saturated rings. The number of nitrogens with one attached hydrogen (secondary N) is 1. The number of hydrogen-bond donors (Lipinski definition) is 2. The van der Waals surface area contributed by atoms with Gasteiger partial charge in [-0.3, -0.25) is 4.79 Å². The molecule has 2 N–H and O–H groups in total. The largest absolute Gasteiger partial charge is 0.418 e. The fourth-order valence-electron chi connectivity index (χ4n) is 2.78. The van der Waals surface area contributed by atoms with Gasteiger partial charge in [-0.25, -0.2) is 4.39 Å². The van der Waals surface area contributed by atoms with Crippen LogP contribution in [0.1, 0.15) is 32.3 Å². The van der Waals surface area contributed by atoms with Crippen molar-refractivity contribution >= 4 is 5.78 Å². The Labute approximate surface area is 137 Å². The molecule has 1 atom stereocenters. The van der Waals surface area contributed by atoms with Crippen molar-refractivity contribution in [1.82, 2.24) is 5.32 Å². The van der Waals surface area contributed by atoms with Crippen molar-refractivity contribution in [3.63, 3.8) is 0 Å². The average Bonchev–Trinajstić information content (AvgIpc) is 2.43. The lowest BCUT2D eigenvalue weighted by Gasteiger charge is -2.34. The zero-order valence-corrected chi connectivity index (χ0v) is 13.4. The van der Waals surface area contributed by atoms with E-state index in [2.05, 4.69) is 5.32 Å². The van der Waals surface area contributed by atoms with E-state index in [9.17, 15) is 27.5 Å². The van der Waals surface area contributed by atoms with Crippen LogP contribution in [-0.4, -0.2) is 23.2 Å². The summed E-state index contributed by atoms with van der Waals surface area (Å²) in [4.78, 5) is 12.2. The number of hydrogen-bond acceptors (Lipinski definition) is 3. The number of aliphatic hydroxyl groups is 1. The highest BCUT2D eigenvalue weighted by Crippen LogP contribution is 2.39. The molecule has 0 saturated heterocycles. The summed E-state index contributed by atoms with van der Waals surface area (Å²) in [7, 11) is 0. The second-order valence-corrected chi connectivity index (χ2v) is 6.76. The molecular weight excluding hydrogens is 326 g/mol. The topological polar surface area (TPSA) is 49.3 Å². The van der Waals surface area contributed by atoms with Crippen LogP contribution in [0.4, 0.5) is 17.6 Å². The minimum Gasteiger partial charge on any atom is -0.384 e. The second kappa shape index (κ2) is 6.55. The minimum absolute atomic E-state index is 0.0583. The van der Waals surface area contributed by atoms with Gasteiger partial charge in [0.1, 0.15) is 5.82 Å². The quantitative estimate of drug-likeness (QED) is 0.822. The van der Waals surface area contributed by atoms with E-state index in [4.69, 9.17) is 0 Å². The molecule has 1 unspecified atom stereocenters. The van der Waals surface area contributed by atoms with Crippen LogP contribution in [0.15, 0.2) is 35.5 Å². The van der Waals surface area contributed by atoms with Crippen LogP contribution in [0, 0.1) is 11.2 Å². The summed E-state index contributed by atoms with van der Waals surface area (Å²) in [5.41, 5.74) is -0.383. The monoisotopic (exact) mass is 345 g/mol. The third-order valence-corrected chi connectivity index (χ3v) is 3.92. The van der Waals surface area contributed by atoms with Crippen LogP contribution < -0.4 is 5.32 Å². The van der Waals surface area contributed by atoms with Gasteiger partial charge in [0, 0.05) is 18.7 Å². The number of halogens is 4. The van der Waals surface area contributed by atoms with Crippen LogP contribution in [0.2, 0.25) is 0 Å². The van der Waals surface area contributed by atoms with Gasteiger partial charge >= 0.3 is 6.18 Å². The molecule has 0 spiro atoms. The Balaban J connectivity index is 2.30. The Hall–Kier alpha value is -1.89. The summed E-state index contributed by atoms with van der Waals surface area (Å²) in [6, 6.07) is 5.48. The molecule has 1 aliphatic carbocycles. The van der Waals surface area contributed by atoms with Crippen molar-refractivity contribution in [2.75, 3.05) is 0 Å². The van der Waals surface area contributed by atoms with Crippen molar-refractivity contribution in [3.8, 4) is 0 Å². The number of aliphatic hydroxyl groups excluding tert-OH is 1. The van der Waals surface area contributed by atoms with Crippen LogP contribution in [0.3, 0.4) is 0 Å². The van der Waals surface area contributed by atoms with Crippen molar-refractivity contribution in [2.45, 2.75) is 45.5 Å². The number of carbonyl (C=O) groups excluding carboxylic acids is 1. The molecule has 2 rings (SSSR count). The second-order valence-electron chi connectivity index (χ2n) is 6.76. The molecule has 0 bridgehead atoms. The normalized spacial score (nSPS) is 19.4. The molecule has 132 valence electrons. The number of rotatable bonds is 4. The molecule has 1 aliphatic rings. The number of carbonyl (C=O) groups is 1. The van der Waals surface area contributed by atoms with Gasteiger partial charge in [0.15, 0.2) is 11.9 Å². The molecule has 0 amide bonds. The van der Waals surface area contributed by atoms with Gasteiger partial charge in [0.2, 0.25) is 0 Å². The summed E-state index contributed by atoms with van der Waals surface area (Å²) in [6.45, 7) is 3.69. The molecule has 0 aliphatic heterocycles. The number of allylic oxidation sites excluding steroid dienone is 1. The fraction of sp³-hybridized carbons (Fsp3) is 0.471. The number of Topliss-reactive ketones (excluding diaryl/α,β-unsaturated/α-hetero) is 1. The molecule has 3 nitrogen and oxygen atoms in total. The molecule has 7 heteroatoms. The first-order valence-electron chi connectivity index (χ1n) is 7.49. The lowest BCUT2D eigenvalue weighted by molar-refractivity contribution is -0.193. The minimum atomic E-state index is -4.91. The Kier molecular flexibility index (Phi) is 5.03. The van der Waals surface area contributed by atoms with Crippen LogP contribution in [0.5, 0.6) is 0 Å². The van der Waals surface area contributed by atoms with Crippen molar-refractivity contribution < 1.29 is 27.5 Å². The van der Waals surface area contributed by atoms with Crippen molar-refractivity contribution in [1.29, 1.82) is 0 Å². The SMILES string of the molecule is CC1(C)CC(=O)C(C(O)C(F)(F)F)=C(NCc2ccc(F)cc2)C1. The Morgan fingerprint density at radius 2 is 1.79 bits per heavy atom. The molecule has 0 aromatic heterocycles. The summed E-state index contributed by atoms with van der Waals surface area (Å²) in [5.74, 6) is -1.13. The first kappa shape index (κ1) is 18.4. The zero-order chi connectivity index (χ0) is 18.1. The number of alkyl halides is 3. The highest BCUT2D eigenvalue weighted by Gasteiger charge is 2.47.